The van der Waals surface area contributed by atoms with Crippen LogP contribution in [0.25, 0.3) is 5.69 Å². The summed E-state index contributed by atoms with van der Waals surface area (Å²) < 4.78 is 48.7. The Morgan fingerprint density at radius 1 is 1.11 bits per heavy atom. The van der Waals surface area contributed by atoms with Crippen molar-refractivity contribution in [2.75, 3.05) is 19.5 Å². The summed E-state index contributed by atoms with van der Waals surface area (Å²) in [6.07, 6.45) is 1.22. The summed E-state index contributed by atoms with van der Waals surface area (Å²) in [7, 11) is -6.64. The van der Waals surface area contributed by atoms with Gasteiger partial charge in [-0.25, -0.2) is 18.1 Å². The van der Waals surface area contributed by atoms with E-state index >= 15 is 0 Å². The summed E-state index contributed by atoms with van der Waals surface area (Å²) in [6.45, 7) is 10.0. The Bertz CT molecular complexity index is 1360. The normalized spacial score (nSPS) is 12.7. The Morgan fingerprint density at radius 3 is 2.25 bits per heavy atom. The molecule has 3 rings (SSSR count). The molecule has 0 aliphatic rings. The molecular weight excluding hydrogens is 521 g/mol. The summed E-state index contributed by atoms with van der Waals surface area (Å²) in [5.74, 6) is -0.191. The van der Waals surface area contributed by atoms with Crippen molar-refractivity contribution < 1.29 is 26.8 Å². The molecule has 0 aliphatic carbocycles. The molecule has 0 fully saturated rings. The number of Topliss-reactive ketones (excluding diaryl/α,β-unsaturated/α-hetero) is 1. The maximum Gasteiger partial charge on any atom is 0.336 e. The Kier molecular flexibility index (Phi) is 8.73. The van der Waals surface area contributed by atoms with Gasteiger partial charge in [0, 0.05) is 17.1 Å². The number of ketones is 1. The molecule has 0 radical (unpaired) electrons. The fourth-order valence-electron chi connectivity index (χ4n) is 3.43. The van der Waals surface area contributed by atoms with Gasteiger partial charge in [-0.2, -0.15) is 5.10 Å². The second kappa shape index (κ2) is 11.1. The lowest BCUT2D eigenvalue weighted by Gasteiger charge is -2.15. The zero-order chi connectivity index (χ0) is 26.7. The highest BCUT2D eigenvalue weighted by Crippen LogP contribution is 2.51. The fraction of sp³-hybridized carbons (Fsp3) is 0.458. The second-order valence-electron chi connectivity index (χ2n) is 9.28. The van der Waals surface area contributed by atoms with E-state index in [9.17, 15) is 17.8 Å². The maximum atomic E-state index is 13.4. The molecule has 0 saturated heterocycles. The molecule has 0 amide bonds. The molecule has 0 aliphatic heterocycles. The molecular formula is C24H32N3O6PS2. The lowest BCUT2D eigenvalue weighted by Crippen LogP contribution is -2.13. The standard InChI is InChI=1S/C24H32N3O6PS2/c1-7-32-34(29,33-8-2)15-17-16-35-23(25-17)14-21(28)20-13-22(24(3,4)5)26-27(20)18-9-11-19(12-10-18)36(6,30)31/h9-13,16H,7-8,14-15H2,1-6H3. The molecule has 0 spiro atoms. The quantitative estimate of drug-likeness (QED) is 0.234. The van der Waals surface area contributed by atoms with Gasteiger partial charge in [0.05, 0.1) is 47.8 Å². The highest BCUT2D eigenvalue weighted by Gasteiger charge is 2.27. The summed E-state index contributed by atoms with van der Waals surface area (Å²) in [6, 6.07) is 8.03. The van der Waals surface area contributed by atoms with Crippen molar-refractivity contribution in [2.24, 2.45) is 0 Å². The first-order valence-electron chi connectivity index (χ1n) is 11.5. The third-order valence-electron chi connectivity index (χ3n) is 5.19. The van der Waals surface area contributed by atoms with Crippen LogP contribution in [0.3, 0.4) is 0 Å². The minimum atomic E-state index is -3.35. The van der Waals surface area contributed by atoms with Crippen LogP contribution >= 0.6 is 18.9 Å². The van der Waals surface area contributed by atoms with E-state index in [1.54, 1.807) is 42.1 Å². The number of carbonyl (C=O) groups excluding carboxylic acids is 1. The van der Waals surface area contributed by atoms with Crippen molar-refractivity contribution in [3.05, 3.63) is 57.8 Å². The summed E-state index contributed by atoms with van der Waals surface area (Å²) in [5.41, 5.74) is 1.93. The highest BCUT2D eigenvalue weighted by molar-refractivity contribution is 7.90. The minimum absolute atomic E-state index is 0.0366. The number of hydrogen-bond donors (Lipinski definition) is 0. The fourth-order valence-corrected chi connectivity index (χ4v) is 6.58. The molecule has 0 atom stereocenters. The van der Waals surface area contributed by atoms with Crippen LogP contribution in [-0.4, -0.2) is 48.4 Å². The molecule has 0 N–H and O–H groups in total. The molecule has 12 heteroatoms. The number of sulfone groups is 1. The first kappa shape index (κ1) is 28.4. The van der Waals surface area contributed by atoms with Gasteiger partial charge in [0.15, 0.2) is 15.6 Å². The van der Waals surface area contributed by atoms with E-state index in [1.165, 1.54) is 23.5 Å². The first-order valence-corrected chi connectivity index (χ1v) is 16.0. The summed E-state index contributed by atoms with van der Waals surface area (Å²) >= 11 is 1.31. The molecule has 36 heavy (non-hydrogen) atoms. The molecule has 1 aromatic carbocycles. The Balaban J connectivity index is 1.89. The number of benzene rings is 1. The largest absolute Gasteiger partial charge is 0.336 e. The predicted molar refractivity (Wildman–Crippen MR) is 140 cm³/mol. The van der Waals surface area contributed by atoms with E-state index in [0.717, 1.165) is 11.9 Å². The van der Waals surface area contributed by atoms with Crippen LogP contribution < -0.4 is 0 Å². The Labute approximate surface area is 216 Å². The molecule has 2 heterocycles. The summed E-state index contributed by atoms with van der Waals surface area (Å²) in [4.78, 5) is 18.1. The minimum Gasteiger partial charge on any atom is -0.309 e. The van der Waals surface area contributed by atoms with Crippen molar-refractivity contribution in [1.29, 1.82) is 0 Å². The van der Waals surface area contributed by atoms with Crippen LogP contribution in [0.5, 0.6) is 0 Å². The molecule has 0 saturated carbocycles. The molecule has 0 bridgehead atoms. The van der Waals surface area contributed by atoms with Gasteiger partial charge in [-0.15, -0.1) is 11.3 Å². The Hall–Kier alpha value is -2.17. The third-order valence-corrected chi connectivity index (χ3v) is 9.23. The van der Waals surface area contributed by atoms with Crippen molar-refractivity contribution in [3.63, 3.8) is 0 Å². The van der Waals surface area contributed by atoms with Gasteiger partial charge in [0.2, 0.25) is 0 Å². The lowest BCUT2D eigenvalue weighted by molar-refractivity contribution is 0.0985. The molecule has 0 unspecified atom stereocenters. The maximum absolute atomic E-state index is 13.4. The zero-order valence-electron chi connectivity index (χ0n) is 21.3. The molecule has 2 aromatic heterocycles. The van der Waals surface area contributed by atoms with E-state index in [4.69, 9.17) is 9.05 Å². The number of rotatable bonds is 11. The van der Waals surface area contributed by atoms with Crippen molar-refractivity contribution in [3.8, 4) is 5.69 Å². The number of thiazole rings is 1. The van der Waals surface area contributed by atoms with Crippen molar-refractivity contribution in [2.45, 2.75) is 57.5 Å². The van der Waals surface area contributed by atoms with E-state index in [0.29, 0.717) is 22.1 Å². The van der Waals surface area contributed by atoms with Crippen LogP contribution in [-0.2, 0) is 41.4 Å². The predicted octanol–water partition coefficient (Wildman–Crippen LogP) is 5.22. The van der Waals surface area contributed by atoms with Gasteiger partial charge in [0.25, 0.3) is 0 Å². The van der Waals surface area contributed by atoms with Crippen LogP contribution in [0.2, 0.25) is 0 Å². The van der Waals surface area contributed by atoms with Gasteiger partial charge < -0.3 is 9.05 Å². The molecule has 3 aromatic rings. The zero-order valence-corrected chi connectivity index (χ0v) is 23.9. The van der Waals surface area contributed by atoms with Crippen molar-refractivity contribution >= 4 is 34.6 Å². The third kappa shape index (κ3) is 6.98. The topological polar surface area (TPSA) is 117 Å². The SMILES string of the molecule is CCOP(=O)(Cc1csc(CC(=O)c2cc(C(C)(C)C)nn2-c2ccc(S(C)(=O)=O)cc2)n1)OCC. The second-order valence-corrected chi connectivity index (χ2v) is 14.3. The summed E-state index contributed by atoms with van der Waals surface area (Å²) in [5, 5.41) is 7.00. The van der Waals surface area contributed by atoms with E-state index < -0.39 is 17.4 Å². The van der Waals surface area contributed by atoms with Gasteiger partial charge >= 0.3 is 7.60 Å². The number of nitrogens with zero attached hydrogens (tertiary/aromatic N) is 3. The van der Waals surface area contributed by atoms with Crippen LogP contribution in [0.4, 0.5) is 0 Å². The van der Waals surface area contributed by atoms with Gasteiger partial charge in [0.1, 0.15) is 10.7 Å². The first-order chi connectivity index (χ1) is 16.8. The number of aromatic nitrogens is 3. The Morgan fingerprint density at radius 2 is 1.72 bits per heavy atom. The van der Waals surface area contributed by atoms with Crippen LogP contribution in [0, 0.1) is 0 Å². The van der Waals surface area contributed by atoms with Crippen LogP contribution in [0.1, 0.15) is 61.5 Å². The monoisotopic (exact) mass is 553 g/mol. The average molecular weight is 554 g/mol. The molecule has 196 valence electrons. The number of carbonyl (C=O) groups is 1. The van der Waals surface area contributed by atoms with Crippen LogP contribution in [0.15, 0.2) is 40.6 Å². The highest BCUT2D eigenvalue weighted by atomic mass is 32.2. The van der Waals surface area contributed by atoms with E-state index in [-0.39, 0.29) is 41.9 Å². The van der Waals surface area contributed by atoms with E-state index in [2.05, 4.69) is 10.1 Å². The lowest BCUT2D eigenvalue weighted by atomic mass is 9.92. The van der Waals surface area contributed by atoms with E-state index in [1.807, 2.05) is 20.8 Å². The molecule has 9 nitrogen and oxygen atoms in total. The smallest absolute Gasteiger partial charge is 0.309 e. The average Bonchev–Trinajstić information content (AvgIpc) is 3.40. The van der Waals surface area contributed by atoms with Gasteiger partial charge in [-0.3, -0.25) is 9.36 Å². The van der Waals surface area contributed by atoms with Gasteiger partial charge in [-0.05, 0) is 44.2 Å². The van der Waals surface area contributed by atoms with Crippen molar-refractivity contribution in [1.82, 2.24) is 14.8 Å². The van der Waals surface area contributed by atoms with Gasteiger partial charge in [-0.1, -0.05) is 20.8 Å². The number of hydrogen-bond acceptors (Lipinski definition) is 9.